The Morgan fingerprint density at radius 1 is 0.952 bits per heavy atom. The summed E-state index contributed by atoms with van der Waals surface area (Å²) in [4.78, 5) is 11.7. The number of H-pyrrole nitrogens is 1. The molecule has 0 aliphatic heterocycles. The summed E-state index contributed by atoms with van der Waals surface area (Å²) in [7, 11) is 3.19. The number of hydrogen-bond acceptors (Lipinski definition) is 4. The van der Waals surface area contributed by atoms with Gasteiger partial charge in [-0.25, -0.2) is 9.97 Å². The standard InChI is InChI=1S/C14H11Cl2N3O2/c1-20-8-3-7(4-9(5-8)21-2)13-17-11-6-10(15)12(16)18-14(11)19-13/h3-6H,1-2H3,(H,17,18,19). The van der Waals surface area contributed by atoms with Crippen molar-refractivity contribution in [2.24, 2.45) is 0 Å². The van der Waals surface area contributed by atoms with Crippen LogP contribution >= 0.6 is 23.2 Å². The lowest BCUT2D eigenvalue weighted by atomic mass is 10.2. The van der Waals surface area contributed by atoms with Crippen molar-refractivity contribution in [2.45, 2.75) is 0 Å². The SMILES string of the molecule is COc1cc(OC)cc(-c2nc3nc(Cl)c(Cl)cc3[nH]2)c1. The zero-order chi connectivity index (χ0) is 15.0. The van der Waals surface area contributed by atoms with Gasteiger partial charge in [0.15, 0.2) is 5.65 Å². The highest BCUT2D eigenvalue weighted by atomic mass is 35.5. The quantitative estimate of drug-likeness (QED) is 0.741. The number of benzene rings is 1. The molecule has 21 heavy (non-hydrogen) atoms. The molecule has 7 heteroatoms. The Kier molecular flexibility index (Phi) is 3.61. The van der Waals surface area contributed by atoms with Gasteiger partial charge in [0.25, 0.3) is 0 Å². The van der Waals surface area contributed by atoms with E-state index in [-0.39, 0.29) is 5.15 Å². The van der Waals surface area contributed by atoms with Gasteiger partial charge >= 0.3 is 0 Å². The smallest absolute Gasteiger partial charge is 0.179 e. The lowest BCUT2D eigenvalue weighted by Crippen LogP contribution is -1.89. The molecule has 0 aliphatic carbocycles. The number of ether oxygens (including phenoxy) is 2. The van der Waals surface area contributed by atoms with Crippen molar-refractivity contribution in [3.8, 4) is 22.9 Å². The summed E-state index contributed by atoms with van der Waals surface area (Å²) in [5.41, 5.74) is 2.03. The summed E-state index contributed by atoms with van der Waals surface area (Å²) in [6.07, 6.45) is 0. The zero-order valence-electron chi connectivity index (χ0n) is 11.3. The van der Waals surface area contributed by atoms with Gasteiger partial charge in [0.05, 0.1) is 24.8 Å². The molecule has 0 amide bonds. The summed E-state index contributed by atoms with van der Waals surface area (Å²) < 4.78 is 10.5. The van der Waals surface area contributed by atoms with E-state index in [4.69, 9.17) is 32.7 Å². The summed E-state index contributed by atoms with van der Waals surface area (Å²) >= 11 is 11.9. The molecule has 108 valence electrons. The number of aromatic nitrogens is 3. The number of pyridine rings is 1. The van der Waals surface area contributed by atoms with Crippen LogP contribution in [-0.4, -0.2) is 29.2 Å². The molecular formula is C14H11Cl2N3O2. The monoisotopic (exact) mass is 323 g/mol. The molecule has 0 radical (unpaired) electrons. The molecule has 0 bridgehead atoms. The van der Waals surface area contributed by atoms with E-state index in [2.05, 4.69) is 15.0 Å². The van der Waals surface area contributed by atoms with Crippen molar-refractivity contribution in [1.29, 1.82) is 0 Å². The lowest BCUT2D eigenvalue weighted by molar-refractivity contribution is 0.394. The average Bonchev–Trinajstić information content (AvgIpc) is 2.90. The van der Waals surface area contributed by atoms with Crippen molar-refractivity contribution in [3.05, 3.63) is 34.4 Å². The molecule has 5 nitrogen and oxygen atoms in total. The third kappa shape index (κ3) is 2.62. The van der Waals surface area contributed by atoms with Gasteiger partial charge in [-0.1, -0.05) is 23.2 Å². The first-order valence-corrected chi connectivity index (χ1v) is 6.81. The summed E-state index contributed by atoms with van der Waals surface area (Å²) in [5.74, 6) is 1.98. The fourth-order valence-corrected chi connectivity index (χ4v) is 2.26. The molecule has 0 spiro atoms. The van der Waals surface area contributed by atoms with E-state index < -0.39 is 0 Å². The number of hydrogen-bond donors (Lipinski definition) is 1. The summed E-state index contributed by atoms with van der Waals surface area (Å²) in [5, 5.41) is 0.605. The third-order valence-electron chi connectivity index (χ3n) is 3.01. The van der Waals surface area contributed by atoms with Gasteiger partial charge in [0, 0.05) is 11.6 Å². The molecule has 0 saturated heterocycles. The maximum atomic E-state index is 5.96. The second-order valence-electron chi connectivity index (χ2n) is 4.32. The van der Waals surface area contributed by atoms with Crippen LogP contribution < -0.4 is 9.47 Å². The first kappa shape index (κ1) is 14.0. The van der Waals surface area contributed by atoms with Gasteiger partial charge in [-0.15, -0.1) is 0 Å². The fraction of sp³-hybridized carbons (Fsp3) is 0.143. The maximum Gasteiger partial charge on any atom is 0.179 e. The number of fused-ring (bicyclic) bond motifs is 1. The van der Waals surface area contributed by atoms with E-state index in [1.807, 2.05) is 12.1 Å². The topological polar surface area (TPSA) is 60.0 Å². The largest absolute Gasteiger partial charge is 0.497 e. The number of methoxy groups -OCH3 is 2. The molecule has 2 heterocycles. The van der Waals surface area contributed by atoms with Crippen LogP contribution in [0.4, 0.5) is 0 Å². The predicted molar refractivity (Wildman–Crippen MR) is 82.4 cm³/mol. The van der Waals surface area contributed by atoms with Crippen LogP contribution in [0.15, 0.2) is 24.3 Å². The average molecular weight is 324 g/mol. The van der Waals surface area contributed by atoms with Crippen LogP contribution in [0.5, 0.6) is 11.5 Å². The van der Waals surface area contributed by atoms with Crippen molar-refractivity contribution < 1.29 is 9.47 Å². The molecule has 3 aromatic rings. The van der Waals surface area contributed by atoms with Crippen LogP contribution in [0.1, 0.15) is 0 Å². The molecule has 3 rings (SSSR count). The van der Waals surface area contributed by atoms with Crippen LogP contribution in [0.3, 0.4) is 0 Å². The van der Waals surface area contributed by atoms with E-state index in [1.165, 1.54) is 0 Å². The molecule has 0 saturated carbocycles. The van der Waals surface area contributed by atoms with Gasteiger partial charge < -0.3 is 14.5 Å². The second-order valence-corrected chi connectivity index (χ2v) is 5.08. The zero-order valence-corrected chi connectivity index (χ0v) is 12.8. The van der Waals surface area contributed by atoms with E-state index in [9.17, 15) is 0 Å². The van der Waals surface area contributed by atoms with E-state index in [0.717, 1.165) is 5.56 Å². The number of aromatic amines is 1. The summed E-state index contributed by atoms with van der Waals surface area (Å²) in [6, 6.07) is 7.19. The second kappa shape index (κ2) is 5.42. The lowest BCUT2D eigenvalue weighted by Gasteiger charge is -2.06. The molecule has 0 aliphatic rings. The Morgan fingerprint density at radius 3 is 2.24 bits per heavy atom. The van der Waals surface area contributed by atoms with Crippen molar-refractivity contribution >= 4 is 34.4 Å². The molecule has 1 aromatic carbocycles. The number of nitrogens with zero attached hydrogens (tertiary/aromatic N) is 2. The highest BCUT2D eigenvalue weighted by Crippen LogP contribution is 2.30. The van der Waals surface area contributed by atoms with Gasteiger partial charge in [0.2, 0.25) is 0 Å². The Morgan fingerprint density at radius 2 is 1.62 bits per heavy atom. The Balaban J connectivity index is 2.15. The van der Waals surface area contributed by atoms with Crippen molar-refractivity contribution in [2.75, 3.05) is 14.2 Å². The van der Waals surface area contributed by atoms with Gasteiger partial charge in [-0.2, -0.15) is 0 Å². The molecular weight excluding hydrogens is 313 g/mol. The van der Waals surface area contributed by atoms with Crippen LogP contribution in [0.25, 0.3) is 22.6 Å². The Hall–Kier alpha value is -1.98. The van der Waals surface area contributed by atoms with Crippen LogP contribution in [0.2, 0.25) is 10.2 Å². The number of halogens is 2. The molecule has 0 fully saturated rings. The molecule has 1 N–H and O–H groups in total. The highest BCUT2D eigenvalue weighted by molar-refractivity contribution is 6.41. The minimum atomic E-state index is 0.227. The van der Waals surface area contributed by atoms with Crippen LogP contribution in [0, 0.1) is 0 Å². The first-order valence-electron chi connectivity index (χ1n) is 6.06. The number of nitrogens with one attached hydrogen (secondary N) is 1. The van der Waals surface area contributed by atoms with E-state index in [0.29, 0.717) is 33.5 Å². The van der Waals surface area contributed by atoms with E-state index >= 15 is 0 Å². The van der Waals surface area contributed by atoms with Gasteiger partial charge in [0.1, 0.15) is 22.5 Å². The summed E-state index contributed by atoms with van der Waals surface area (Å²) in [6.45, 7) is 0. The molecule has 0 atom stereocenters. The molecule has 0 unspecified atom stereocenters. The maximum absolute atomic E-state index is 5.96. The first-order chi connectivity index (χ1) is 10.1. The number of imidazole rings is 1. The highest BCUT2D eigenvalue weighted by Gasteiger charge is 2.11. The van der Waals surface area contributed by atoms with Gasteiger partial charge in [-0.05, 0) is 18.2 Å². The Labute approximate surface area is 130 Å². The van der Waals surface area contributed by atoms with E-state index in [1.54, 1.807) is 26.4 Å². The normalized spacial score (nSPS) is 10.9. The number of rotatable bonds is 3. The van der Waals surface area contributed by atoms with Gasteiger partial charge in [-0.3, -0.25) is 0 Å². The predicted octanol–water partition coefficient (Wildman–Crippen LogP) is 3.95. The minimum absolute atomic E-state index is 0.227. The van der Waals surface area contributed by atoms with Crippen molar-refractivity contribution in [1.82, 2.24) is 15.0 Å². The van der Waals surface area contributed by atoms with Crippen LogP contribution in [-0.2, 0) is 0 Å². The fourth-order valence-electron chi connectivity index (χ4n) is 1.98. The van der Waals surface area contributed by atoms with Crippen molar-refractivity contribution in [3.63, 3.8) is 0 Å². The minimum Gasteiger partial charge on any atom is -0.497 e. The molecule has 2 aromatic heterocycles. The third-order valence-corrected chi connectivity index (χ3v) is 3.68. The Bertz CT molecular complexity index is 756.